The SMILES string of the molecule is CC(C)[C@H](N)C(=O)N1CCN(c2ccc(C(F)(F)F)cc2[N+](=O)[O-])CC1. The predicted molar refractivity (Wildman–Crippen MR) is 89.7 cm³/mol. The number of piperazine rings is 1. The Kier molecular flexibility index (Phi) is 5.74. The first kappa shape index (κ1) is 20.0. The van der Waals surface area contributed by atoms with Gasteiger partial charge >= 0.3 is 6.18 Å². The molecule has 0 saturated carbocycles. The molecule has 0 spiro atoms. The van der Waals surface area contributed by atoms with Crippen LogP contribution in [0.5, 0.6) is 0 Å². The summed E-state index contributed by atoms with van der Waals surface area (Å²) in [6.07, 6.45) is -4.65. The zero-order valence-electron chi connectivity index (χ0n) is 14.5. The van der Waals surface area contributed by atoms with Gasteiger partial charge in [0, 0.05) is 32.2 Å². The monoisotopic (exact) mass is 374 g/mol. The van der Waals surface area contributed by atoms with Crippen LogP contribution in [0.1, 0.15) is 19.4 Å². The molecule has 1 fully saturated rings. The Bertz CT molecular complexity index is 686. The van der Waals surface area contributed by atoms with Crippen LogP contribution in [0.2, 0.25) is 0 Å². The zero-order chi connectivity index (χ0) is 19.6. The molecule has 1 heterocycles. The third-order valence-corrected chi connectivity index (χ3v) is 4.43. The fourth-order valence-electron chi connectivity index (χ4n) is 2.78. The van der Waals surface area contributed by atoms with Crippen molar-refractivity contribution in [2.45, 2.75) is 26.1 Å². The number of halogens is 3. The van der Waals surface area contributed by atoms with Crippen LogP contribution >= 0.6 is 0 Å². The van der Waals surface area contributed by atoms with Crippen LogP contribution in [0.15, 0.2) is 18.2 Å². The Morgan fingerprint density at radius 2 is 1.81 bits per heavy atom. The van der Waals surface area contributed by atoms with Gasteiger partial charge in [0.05, 0.1) is 16.5 Å². The number of hydrogen-bond donors (Lipinski definition) is 1. The molecular formula is C16H21F3N4O3. The highest BCUT2D eigenvalue weighted by Crippen LogP contribution is 2.36. The molecule has 144 valence electrons. The molecular weight excluding hydrogens is 353 g/mol. The largest absolute Gasteiger partial charge is 0.416 e. The van der Waals surface area contributed by atoms with Crippen LogP contribution in [0.4, 0.5) is 24.5 Å². The van der Waals surface area contributed by atoms with Crippen molar-refractivity contribution < 1.29 is 22.9 Å². The minimum atomic E-state index is -4.65. The van der Waals surface area contributed by atoms with Crippen LogP contribution in [0, 0.1) is 16.0 Å². The summed E-state index contributed by atoms with van der Waals surface area (Å²) in [6.45, 7) is 4.84. The Hall–Kier alpha value is -2.36. The average molecular weight is 374 g/mol. The van der Waals surface area contributed by atoms with Gasteiger partial charge in [0.15, 0.2) is 0 Å². The van der Waals surface area contributed by atoms with Gasteiger partial charge in [-0.2, -0.15) is 13.2 Å². The van der Waals surface area contributed by atoms with E-state index in [1.807, 2.05) is 13.8 Å². The molecule has 1 aliphatic rings. The number of rotatable bonds is 4. The second kappa shape index (κ2) is 7.48. The first-order chi connectivity index (χ1) is 12.0. The number of nitrogens with zero attached hydrogens (tertiary/aromatic N) is 3. The van der Waals surface area contributed by atoms with Gasteiger partial charge in [0.1, 0.15) is 5.69 Å². The summed E-state index contributed by atoms with van der Waals surface area (Å²) in [5.74, 6) is -0.210. The van der Waals surface area contributed by atoms with Crippen molar-refractivity contribution in [3.8, 4) is 0 Å². The Morgan fingerprint density at radius 3 is 2.27 bits per heavy atom. The van der Waals surface area contributed by atoms with E-state index in [0.717, 1.165) is 12.1 Å². The molecule has 10 heteroatoms. The normalized spacial score (nSPS) is 16.7. The van der Waals surface area contributed by atoms with Crippen molar-refractivity contribution >= 4 is 17.3 Å². The maximum absolute atomic E-state index is 12.8. The fourth-order valence-corrected chi connectivity index (χ4v) is 2.78. The quantitative estimate of drug-likeness (QED) is 0.645. The van der Waals surface area contributed by atoms with E-state index >= 15 is 0 Å². The molecule has 1 saturated heterocycles. The molecule has 26 heavy (non-hydrogen) atoms. The third kappa shape index (κ3) is 4.24. The lowest BCUT2D eigenvalue weighted by Gasteiger charge is -2.37. The van der Waals surface area contributed by atoms with Crippen molar-refractivity contribution in [3.05, 3.63) is 33.9 Å². The molecule has 1 aromatic rings. The molecule has 2 N–H and O–H groups in total. The molecule has 1 amide bonds. The second-order valence-electron chi connectivity index (χ2n) is 6.54. The number of nitro benzene ring substituents is 1. The summed E-state index contributed by atoms with van der Waals surface area (Å²) in [5, 5.41) is 11.2. The molecule has 0 bridgehead atoms. The molecule has 2 rings (SSSR count). The van der Waals surface area contributed by atoms with Crippen LogP contribution < -0.4 is 10.6 Å². The summed E-state index contributed by atoms with van der Waals surface area (Å²) in [4.78, 5) is 25.8. The van der Waals surface area contributed by atoms with Crippen molar-refractivity contribution in [2.24, 2.45) is 11.7 Å². The Labute approximate surface area is 148 Å². The van der Waals surface area contributed by atoms with E-state index in [-0.39, 0.29) is 30.6 Å². The Balaban J connectivity index is 2.16. The van der Waals surface area contributed by atoms with E-state index in [4.69, 9.17) is 5.73 Å². The zero-order valence-corrected chi connectivity index (χ0v) is 14.5. The number of carbonyl (C=O) groups is 1. The van der Waals surface area contributed by atoms with Gasteiger partial charge in [0.2, 0.25) is 5.91 Å². The van der Waals surface area contributed by atoms with Crippen LogP contribution in [-0.2, 0) is 11.0 Å². The van der Waals surface area contributed by atoms with E-state index in [1.165, 1.54) is 0 Å². The first-order valence-corrected chi connectivity index (χ1v) is 8.17. The highest BCUT2D eigenvalue weighted by atomic mass is 19.4. The van der Waals surface area contributed by atoms with Gasteiger partial charge in [-0.15, -0.1) is 0 Å². The van der Waals surface area contributed by atoms with Crippen molar-refractivity contribution in [1.29, 1.82) is 0 Å². The number of benzene rings is 1. The number of nitrogens with two attached hydrogens (primary N) is 1. The average Bonchev–Trinajstić information content (AvgIpc) is 2.59. The lowest BCUT2D eigenvalue weighted by molar-refractivity contribution is -0.384. The highest BCUT2D eigenvalue weighted by molar-refractivity contribution is 5.82. The van der Waals surface area contributed by atoms with Gasteiger partial charge in [0.25, 0.3) is 5.69 Å². The van der Waals surface area contributed by atoms with Crippen molar-refractivity contribution in [1.82, 2.24) is 4.90 Å². The topological polar surface area (TPSA) is 92.7 Å². The van der Waals surface area contributed by atoms with E-state index in [0.29, 0.717) is 19.2 Å². The highest BCUT2D eigenvalue weighted by Gasteiger charge is 2.34. The molecule has 0 aliphatic carbocycles. The van der Waals surface area contributed by atoms with Gasteiger partial charge in [-0.3, -0.25) is 14.9 Å². The second-order valence-corrected chi connectivity index (χ2v) is 6.54. The standard InChI is InChI=1S/C16H21F3N4O3/c1-10(2)14(20)15(24)22-7-5-21(6-8-22)12-4-3-11(16(17,18)19)9-13(12)23(25)26/h3-4,9-10,14H,5-8,20H2,1-2H3/t14-/m0/s1. The first-order valence-electron chi connectivity index (χ1n) is 8.17. The van der Waals surface area contributed by atoms with Gasteiger partial charge in [-0.25, -0.2) is 0 Å². The summed E-state index contributed by atoms with van der Waals surface area (Å²) < 4.78 is 38.4. The Morgan fingerprint density at radius 1 is 1.23 bits per heavy atom. The number of alkyl halides is 3. The third-order valence-electron chi connectivity index (χ3n) is 4.43. The molecule has 7 nitrogen and oxygen atoms in total. The minimum Gasteiger partial charge on any atom is -0.362 e. The summed E-state index contributed by atoms with van der Waals surface area (Å²) >= 11 is 0. The molecule has 0 unspecified atom stereocenters. The van der Waals surface area contributed by atoms with E-state index in [1.54, 1.807) is 9.80 Å². The van der Waals surface area contributed by atoms with Crippen LogP contribution in [-0.4, -0.2) is 48.0 Å². The minimum absolute atomic E-state index is 0.0171. The van der Waals surface area contributed by atoms with Gasteiger partial charge in [-0.05, 0) is 18.1 Å². The molecule has 1 atom stereocenters. The number of amides is 1. The van der Waals surface area contributed by atoms with Gasteiger partial charge < -0.3 is 15.5 Å². The number of carbonyl (C=O) groups excluding carboxylic acids is 1. The van der Waals surface area contributed by atoms with E-state index < -0.39 is 28.4 Å². The maximum atomic E-state index is 12.8. The number of anilines is 1. The summed E-state index contributed by atoms with van der Waals surface area (Å²) in [5.41, 5.74) is 4.31. The predicted octanol–water partition coefficient (Wildman–Crippen LogP) is 2.25. The number of nitro groups is 1. The van der Waals surface area contributed by atoms with E-state index in [2.05, 4.69) is 0 Å². The van der Waals surface area contributed by atoms with Gasteiger partial charge in [-0.1, -0.05) is 13.8 Å². The maximum Gasteiger partial charge on any atom is 0.416 e. The fraction of sp³-hybridized carbons (Fsp3) is 0.562. The lowest BCUT2D eigenvalue weighted by atomic mass is 10.0. The van der Waals surface area contributed by atoms with Crippen LogP contribution in [0.3, 0.4) is 0 Å². The van der Waals surface area contributed by atoms with Crippen molar-refractivity contribution in [2.75, 3.05) is 31.1 Å². The molecule has 0 aromatic heterocycles. The molecule has 0 radical (unpaired) electrons. The van der Waals surface area contributed by atoms with Crippen molar-refractivity contribution in [3.63, 3.8) is 0 Å². The smallest absolute Gasteiger partial charge is 0.362 e. The summed E-state index contributed by atoms with van der Waals surface area (Å²) in [7, 11) is 0. The summed E-state index contributed by atoms with van der Waals surface area (Å²) in [6, 6.07) is 1.86. The van der Waals surface area contributed by atoms with Crippen LogP contribution in [0.25, 0.3) is 0 Å². The molecule has 1 aromatic carbocycles. The lowest BCUT2D eigenvalue weighted by Crippen LogP contribution is -2.54. The number of hydrogen-bond acceptors (Lipinski definition) is 5. The van der Waals surface area contributed by atoms with E-state index in [9.17, 15) is 28.1 Å². The molecule has 1 aliphatic heterocycles.